The van der Waals surface area contributed by atoms with Crippen LogP contribution in [-0.2, 0) is 12.8 Å². The average molecular weight is 701 g/mol. The van der Waals surface area contributed by atoms with E-state index in [9.17, 15) is 18.0 Å². The molecular weight excluding hydrogens is 679 g/mol. The lowest BCUT2D eigenvalue weighted by molar-refractivity contribution is -0.137. The molecule has 11 heteroatoms. The summed E-state index contributed by atoms with van der Waals surface area (Å²) in [5.74, 6) is 0.927. The monoisotopic (exact) mass is 699 g/mol. The maximum absolute atomic E-state index is 13.5. The minimum atomic E-state index is -4.57. The Morgan fingerprint density at radius 2 is 1.67 bits per heavy atom. The summed E-state index contributed by atoms with van der Waals surface area (Å²) in [7, 11) is 0. The number of aromatic nitrogens is 2. The van der Waals surface area contributed by atoms with Gasteiger partial charge in [-0.1, -0.05) is 52.3 Å². The molecule has 0 aliphatic heterocycles. The van der Waals surface area contributed by atoms with Crippen LogP contribution in [0.1, 0.15) is 23.6 Å². The van der Waals surface area contributed by atoms with Gasteiger partial charge in [-0.3, -0.25) is 4.79 Å². The molecule has 6 nitrogen and oxygen atoms in total. The molecule has 0 aliphatic rings. The van der Waals surface area contributed by atoms with E-state index in [1.807, 2.05) is 31.2 Å². The molecular formula is C31H22Br2F3N3O3. The highest BCUT2D eigenvalue weighted by Crippen LogP contribution is 2.35. The summed E-state index contributed by atoms with van der Waals surface area (Å²) in [6, 6.07) is 22.4. The number of hydrogen-bond acceptors (Lipinski definition) is 5. The number of halogens is 5. The summed E-state index contributed by atoms with van der Waals surface area (Å²) in [6.45, 7) is 2.53. The summed E-state index contributed by atoms with van der Waals surface area (Å²) in [5.41, 5.74) is 0.557. The van der Waals surface area contributed by atoms with Crippen molar-refractivity contribution in [2.75, 3.05) is 6.61 Å². The third-order valence-electron chi connectivity index (χ3n) is 6.18. The molecule has 42 heavy (non-hydrogen) atoms. The first-order valence-electron chi connectivity index (χ1n) is 12.7. The van der Waals surface area contributed by atoms with Crippen LogP contribution in [0.5, 0.6) is 11.5 Å². The molecule has 214 valence electrons. The Labute approximate surface area is 255 Å². The van der Waals surface area contributed by atoms with Crippen molar-refractivity contribution in [3.8, 4) is 22.9 Å². The summed E-state index contributed by atoms with van der Waals surface area (Å²) in [5, 5.41) is 4.67. The van der Waals surface area contributed by atoms with Crippen molar-refractivity contribution in [1.29, 1.82) is 0 Å². The average Bonchev–Trinajstić information content (AvgIpc) is 2.97. The summed E-state index contributed by atoms with van der Waals surface area (Å²) >= 11 is 6.95. The molecule has 1 heterocycles. The lowest BCUT2D eigenvalue weighted by Crippen LogP contribution is -2.20. The molecule has 0 fully saturated rings. The van der Waals surface area contributed by atoms with Crippen LogP contribution >= 0.6 is 31.9 Å². The second-order valence-electron chi connectivity index (χ2n) is 9.06. The number of ether oxygens (including phenoxy) is 2. The van der Waals surface area contributed by atoms with Gasteiger partial charge in [-0.05, 0) is 76.9 Å². The van der Waals surface area contributed by atoms with Gasteiger partial charge in [0.1, 0.15) is 6.61 Å². The first-order chi connectivity index (χ1) is 20.1. The molecule has 0 saturated carbocycles. The van der Waals surface area contributed by atoms with Crippen molar-refractivity contribution in [2.24, 2.45) is 5.10 Å². The van der Waals surface area contributed by atoms with Gasteiger partial charge in [0.25, 0.3) is 5.56 Å². The first kappa shape index (κ1) is 29.5. The van der Waals surface area contributed by atoms with E-state index in [0.717, 1.165) is 26.8 Å². The zero-order valence-electron chi connectivity index (χ0n) is 22.0. The Bertz CT molecular complexity index is 1840. The third kappa shape index (κ3) is 6.57. The van der Waals surface area contributed by atoms with E-state index in [4.69, 9.17) is 9.47 Å². The number of fused-ring (bicyclic) bond motifs is 1. The molecule has 5 aromatic rings. The van der Waals surface area contributed by atoms with Gasteiger partial charge >= 0.3 is 6.18 Å². The molecule has 1 aromatic heterocycles. The SMILES string of the molecule is CCOc1cc(C=Nn2c(-c3cccc(C(F)(F)F)c3)nc3ccccc3c2=O)c(Br)cc1OCc1ccc(Br)cc1. The zero-order valence-corrected chi connectivity index (χ0v) is 25.2. The highest BCUT2D eigenvalue weighted by molar-refractivity contribution is 9.10. The largest absolute Gasteiger partial charge is 0.490 e. The van der Waals surface area contributed by atoms with Crippen LogP contribution in [0.15, 0.2) is 104 Å². The molecule has 0 bridgehead atoms. The van der Waals surface area contributed by atoms with Crippen LogP contribution in [0.25, 0.3) is 22.3 Å². The molecule has 0 saturated heterocycles. The van der Waals surface area contributed by atoms with Gasteiger partial charge in [0.2, 0.25) is 0 Å². The first-order valence-corrected chi connectivity index (χ1v) is 14.3. The van der Waals surface area contributed by atoms with Crippen LogP contribution in [-0.4, -0.2) is 22.5 Å². The van der Waals surface area contributed by atoms with Gasteiger partial charge in [-0.15, -0.1) is 0 Å². The maximum Gasteiger partial charge on any atom is 0.416 e. The highest BCUT2D eigenvalue weighted by atomic mass is 79.9. The number of rotatable bonds is 8. The fourth-order valence-electron chi connectivity index (χ4n) is 4.14. The lowest BCUT2D eigenvalue weighted by Gasteiger charge is -2.14. The quantitative estimate of drug-likeness (QED) is 0.152. The minimum Gasteiger partial charge on any atom is -0.490 e. The van der Waals surface area contributed by atoms with Crippen molar-refractivity contribution in [1.82, 2.24) is 9.66 Å². The number of nitrogens with zero attached hydrogens (tertiary/aromatic N) is 3. The van der Waals surface area contributed by atoms with E-state index >= 15 is 0 Å². The number of hydrogen-bond donors (Lipinski definition) is 0. The van der Waals surface area contributed by atoms with Gasteiger partial charge in [0.05, 0.1) is 29.3 Å². The van der Waals surface area contributed by atoms with Crippen LogP contribution in [0.3, 0.4) is 0 Å². The van der Waals surface area contributed by atoms with Crippen molar-refractivity contribution in [2.45, 2.75) is 19.7 Å². The second-order valence-corrected chi connectivity index (χ2v) is 10.8. The second kappa shape index (κ2) is 12.5. The van der Waals surface area contributed by atoms with E-state index in [2.05, 4.69) is 41.9 Å². The Morgan fingerprint density at radius 3 is 2.40 bits per heavy atom. The Morgan fingerprint density at radius 1 is 0.929 bits per heavy atom. The van der Waals surface area contributed by atoms with Crippen molar-refractivity contribution < 1.29 is 22.6 Å². The molecule has 0 amide bonds. The third-order valence-corrected chi connectivity index (χ3v) is 7.40. The molecule has 0 N–H and O–H groups in total. The van der Waals surface area contributed by atoms with Gasteiger partial charge in [0.15, 0.2) is 17.3 Å². The number of benzene rings is 4. The molecule has 4 aromatic carbocycles. The normalized spacial score (nSPS) is 11.8. The smallest absolute Gasteiger partial charge is 0.416 e. The summed E-state index contributed by atoms with van der Waals surface area (Å²) in [6.07, 6.45) is -3.15. The standard InChI is InChI=1S/C31H22Br2F3N3O3/c1-2-41-27-15-21(25(33)16-28(27)42-18-19-10-12-23(32)13-11-19)17-37-39-29(20-6-5-7-22(14-20)31(34,35)36)38-26-9-4-3-8-24(26)30(39)40/h3-17H,2,18H2,1H3. The van der Waals surface area contributed by atoms with Gasteiger partial charge in [0, 0.05) is 20.1 Å². The lowest BCUT2D eigenvalue weighted by atomic mass is 10.1. The molecule has 0 aliphatic carbocycles. The van der Waals surface area contributed by atoms with Crippen LogP contribution in [0, 0.1) is 0 Å². The Kier molecular flexibility index (Phi) is 8.79. The maximum atomic E-state index is 13.5. The Balaban J connectivity index is 1.56. The summed E-state index contributed by atoms with van der Waals surface area (Å²) in [4.78, 5) is 18.0. The summed E-state index contributed by atoms with van der Waals surface area (Å²) < 4.78 is 54.8. The van der Waals surface area contributed by atoms with Gasteiger partial charge < -0.3 is 9.47 Å². The number of para-hydroxylation sites is 1. The van der Waals surface area contributed by atoms with Gasteiger partial charge in [-0.25, -0.2) is 4.98 Å². The van der Waals surface area contributed by atoms with E-state index in [1.165, 1.54) is 18.3 Å². The molecule has 5 rings (SSSR count). The van der Waals surface area contributed by atoms with E-state index in [0.29, 0.717) is 40.3 Å². The fraction of sp³-hybridized carbons (Fsp3) is 0.129. The van der Waals surface area contributed by atoms with Crippen molar-refractivity contribution in [3.05, 3.63) is 121 Å². The molecule has 0 atom stereocenters. The minimum absolute atomic E-state index is 0.0309. The van der Waals surface area contributed by atoms with E-state index in [1.54, 1.807) is 36.4 Å². The predicted molar refractivity (Wildman–Crippen MR) is 163 cm³/mol. The van der Waals surface area contributed by atoms with Crippen LogP contribution in [0.4, 0.5) is 13.2 Å². The van der Waals surface area contributed by atoms with Gasteiger partial charge in [-0.2, -0.15) is 22.9 Å². The zero-order chi connectivity index (χ0) is 29.9. The van der Waals surface area contributed by atoms with Crippen molar-refractivity contribution in [3.63, 3.8) is 0 Å². The Hall–Kier alpha value is -3.96. The highest BCUT2D eigenvalue weighted by Gasteiger charge is 2.31. The van der Waals surface area contributed by atoms with Crippen LogP contribution < -0.4 is 15.0 Å². The van der Waals surface area contributed by atoms with E-state index in [-0.39, 0.29) is 16.8 Å². The fourth-order valence-corrected chi connectivity index (χ4v) is 4.83. The topological polar surface area (TPSA) is 65.7 Å². The number of alkyl halides is 3. The molecule has 0 spiro atoms. The van der Waals surface area contributed by atoms with Crippen LogP contribution in [0.2, 0.25) is 0 Å². The predicted octanol–water partition coefficient (Wildman–Crippen LogP) is 8.47. The van der Waals surface area contributed by atoms with Crippen molar-refractivity contribution >= 4 is 49.0 Å². The molecule has 0 radical (unpaired) electrons. The molecule has 0 unspecified atom stereocenters. The van der Waals surface area contributed by atoms with E-state index < -0.39 is 17.3 Å².